The first kappa shape index (κ1) is 15.3. The number of hydrogen-bond donors (Lipinski definition) is 3. The molecule has 1 aromatic rings. The fourth-order valence-electron chi connectivity index (χ4n) is 1.52. The van der Waals surface area contributed by atoms with Crippen molar-refractivity contribution in [3.63, 3.8) is 0 Å². The predicted molar refractivity (Wildman–Crippen MR) is 71.8 cm³/mol. The maximum Gasteiger partial charge on any atom is 0.337 e. The Kier molecular flexibility index (Phi) is 5.59. The van der Waals surface area contributed by atoms with Crippen molar-refractivity contribution >= 4 is 29.3 Å². The highest BCUT2D eigenvalue weighted by Crippen LogP contribution is 2.21. The Bertz CT molecular complexity index is 479. The van der Waals surface area contributed by atoms with Gasteiger partial charge in [-0.15, -0.1) is 0 Å². The molecule has 0 bridgehead atoms. The van der Waals surface area contributed by atoms with Crippen molar-refractivity contribution < 1.29 is 19.8 Å². The summed E-state index contributed by atoms with van der Waals surface area (Å²) in [7, 11) is 0. The molecule has 7 heteroatoms. The van der Waals surface area contributed by atoms with Gasteiger partial charge >= 0.3 is 12.0 Å². The fourth-order valence-corrected chi connectivity index (χ4v) is 1.69. The van der Waals surface area contributed by atoms with E-state index in [0.717, 1.165) is 0 Å². The number of benzene rings is 1. The zero-order valence-corrected chi connectivity index (χ0v) is 11.1. The maximum atomic E-state index is 11.9. The third-order valence-electron chi connectivity index (χ3n) is 2.49. The zero-order chi connectivity index (χ0) is 14.4. The Morgan fingerprint density at radius 3 is 2.63 bits per heavy atom. The molecule has 0 atom stereocenters. The van der Waals surface area contributed by atoms with Gasteiger partial charge in [-0.05, 0) is 25.1 Å². The molecule has 19 heavy (non-hydrogen) atoms. The number of carboxylic acids is 1. The van der Waals surface area contributed by atoms with Crippen LogP contribution in [0.15, 0.2) is 18.2 Å². The van der Waals surface area contributed by atoms with E-state index in [4.69, 9.17) is 21.8 Å². The van der Waals surface area contributed by atoms with Gasteiger partial charge < -0.3 is 20.4 Å². The van der Waals surface area contributed by atoms with Gasteiger partial charge in [-0.3, -0.25) is 0 Å². The summed E-state index contributed by atoms with van der Waals surface area (Å²) >= 11 is 5.72. The third kappa shape index (κ3) is 4.11. The number of aliphatic hydroxyl groups is 1. The van der Waals surface area contributed by atoms with E-state index in [0.29, 0.717) is 6.54 Å². The lowest BCUT2D eigenvalue weighted by atomic mass is 10.2. The molecule has 0 spiro atoms. The smallest absolute Gasteiger partial charge is 0.337 e. The molecule has 0 saturated carbocycles. The van der Waals surface area contributed by atoms with Gasteiger partial charge in [-0.2, -0.15) is 0 Å². The highest BCUT2D eigenvalue weighted by molar-refractivity contribution is 6.31. The number of nitrogens with zero attached hydrogens (tertiary/aromatic N) is 1. The molecular formula is C12H15ClN2O4. The summed E-state index contributed by atoms with van der Waals surface area (Å²) in [6.45, 7) is 2.18. The van der Waals surface area contributed by atoms with Crippen LogP contribution >= 0.6 is 11.6 Å². The number of aliphatic hydroxyl groups excluding tert-OH is 1. The summed E-state index contributed by atoms with van der Waals surface area (Å²) in [6, 6.07) is 3.71. The maximum absolute atomic E-state index is 11.9. The van der Waals surface area contributed by atoms with E-state index < -0.39 is 12.0 Å². The summed E-state index contributed by atoms with van der Waals surface area (Å²) in [5.41, 5.74) is 0.0826. The van der Waals surface area contributed by atoms with Crippen LogP contribution in [0.1, 0.15) is 17.3 Å². The molecule has 0 aliphatic rings. The van der Waals surface area contributed by atoms with E-state index in [1.165, 1.54) is 23.1 Å². The molecule has 0 heterocycles. The molecular weight excluding hydrogens is 272 g/mol. The minimum Gasteiger partial charge on any atom is -0.478 e. The van der Waals surface area contributed by atoms with Crippen molar-refractivity contribution in [3.05, 3.63) is 28.8 Å². The second-order valence-corrected chi connectivity index (χ2v) is 4.16. The number of urea groups is 1. The lowest BCUT2D eigenvalue weighted by molar-refractivity contribution is 0.0698. The highest BCUT2D eigenvalue weighted by Gasteiger charge is 2.16. The van der Waals surface area contributed by atoms with E-state index >= 15 is 0 Å². The summed E-state index contributed by atoms with van der Waals surface area (Å²) in [4.78, 5) is 24.3. The molecule has 0 aromatic heterocycles. The minimum absolute atomic E-state index is 0.0825. The van der Waals surface area contributed by atoms with Crippen molar-refractivity contribution in [1.82, 2.24) is 4.90 Å². The van der Waals surface area contributed by atoms with Gasteiger partial charge in [0.25, 0.3) is 0 Å². The Hall–Kier alpha value is -1.79. The quantitative estimate of drug-likeness (QED) is 0.771. The highest BCUT2D eigenvalue weighted by atomic mass is 35.5. The Balaban J connectivity index is 2.92. The molecule has 0 fully saturated rings. The summed E-state index contributed by atoms with van der Waals surface area (Å²) in [6.07, 6.45) is 0. The molecule has 6 nitrogen and oxygen atoms in total. The number of carbonyl (C=O) groups is 2. The van der Waals surface area contributed by atoms with Crippen LogP contribution in [0.3, 0.4) is 0 Å². The monoisotopic (exact) mass is 286 g/mol. The number of hydrogen-bond acceptors (Lipinski definition) is 3. The first-order valence-corrected chi connectivity index (χ1v) is 6.07. The number of aromatic carboxylic acids is 1. The standard InChI is InChI=1S/C12H15ClN2O4/c1-2-15(5-6-16)12(19)14-10-4-3-8(13)7-9(10)11(17)18/h3-4,7,16H,2,5-6H2,1H3,(H,14,19)(H,17,18). The van der Waals surface area contributed by atoms with Crippen LogP contribution in [0.4, 0.5) is 10.5 Å². The SMILES string of the molecule is CCN(CCO)C(=O)Nc1ccc(Cl)cc1C(=O)O. The lowest BCUT2D eigenvalue weighted by Gasteiger charge is -2.20. The second kappa shape index (κ2) is 6.96. The van der Waals surface area contributed by atoms with E-state index in [-0.39, 0.29) is 29.4 Å². The number of carboxylic acid groups (broad SMARTS) is 1. The van der Waals surface area contributed by atoms with E-state index in [9.17, 15) is 9.59 Å². The van der Waals surface area contributed by atoms with Gasteiger partial charge in [0.1, 0.15) is 0 Å². The van der Waals surface area contributed by atoms with Crippen molar-refractivity contribution in [2.24, 2.45) is 0 Å². The molecule has 0 aliphatic heterocycles. The van der Waals surface area contributed by atoms with E-state index in [1.54, 1.807) is 6.92 Å². The number of nitrogens with one attached hydrogen (secondary N) is 1. The number of amides is 2. The molecule has 0 radical (unpaired) electrons. The van der Waals surface area contributed by atoms with Crippen molar-refractivity contribution in [2.75, 3.05) is 25.0 Å². The molecule has 2 amide bonds. The van der Waals surface area contributed by atoms with Crippen molar-refractivity contribution in [1.29, 1.82) is 0 Å². The average Bonchev–Trinajstić information content (AvgIpc) is 2.37. The van der Waals surface area contributed by atoms with Crippen LogP contribution in [-0.2, 0) is 0 Å². The Morgan fingerprint density at radius 2 is 2.11 bits per heavy atom. The van der Waals surface area contributed by atoms with Crippen LogP contribution in [0.2, 0.25) is 5.02 Å². The predicted octanol–water partition coefficient (Wildman–Crippen LogP) is 1.88. The van der Waals surface area contributed by atoms with Gasteiger partial charge in [0.05, 0.1) is 17.9 Å². The van der Waals surface area contributed by atoms with Crippen molar-refractivity contribution in [2.45, 2.75) is 6.92 Å². The second-order valence-electron chi connectivity index (χ2n) is 3.73. The molecule has 1 aromatic carbocycles. The number of carbonyl (C=O) groups excluding carboxylic acids is 1. The van der Waals surface area contributed by atoms with Crippen LogP contribution in [0, 0.1) is 0 Å². The summed E-state index contributed by atoms with van der Waals surface area (Å²) in [5.74, 6) is -1.18. The molecule has 0 aliphatic carbocycles. The molecule has 0 saturated heterocycles. The zero-order valence-electron chi connectivity index (χ0n) is 10.4. The topological polar surface area (TPSA) is 89.9 Å². The summed E-state index contributed by atoms with van der Waals surface area (Å²) < 4.78 is 0. The lowest BCUT2D eigenvalue weighted by Crippen LogP contribution is -2.37. The van der Waals surface area contributed by atoms with Gasteiger partial charge in [0.15, 0.2) is 0 Å². The fraction of sp³-hybridized carbons (Fsp3) is 0.333. The van der Waals surface area contributed by atoms with Crippen LogP contribution < -0.4 is 5.32 Å². The van der Waals surface area contributed by atoms with Gasteiger partial charge in [-0.1, -0.05) is 11.6 Å². The van der Waals surface area contributed by atoms with Gasteiger partial charge in [0.2, 0.25) is 0 Å². The molecule has 104 valence electrons. The summed E-state index contributed by atoms with van der Waals surface area (Å²) in [5, 5.41) is 20.6. The largest absolute Gasteiger partial charge is 0.478 e. The van der Waals surface area contributed by atoms with Gasteiger partial charge in [0, 0.05) is 18.1 Å². The molecule has 1 rings (SSSR count). The first-order chi connectivity index (χ1) is 8.99. The molecule has 0 unspecified atom stereocenters. The number of likely N-dealkylation sites (N-methyl/N-ethyl adjacent to an activating group) is 1. The normalized spacial score (nSPS) is 10.1. The first-order valence-electron chi connectivity index (χ1n) is 5.69. The third-order valence-corrected chi connectivity index (χ3v) is 2.73. The average molecular weight is 287 g/mol. The van der Waals surface area contributed by atoms with E-state index in [1.807, 2.05) is 0 Å². The molecule has 3 N–H and O–H groups in total. The minimum atomic E-state index is -1.18. The number of rotatable bonds is 5. The van der Waals surface area contributed by atoms with Crippen LogP contribution in [0.25, 0.3) is 0 Å². The van der Waals surface area contributed by atoms with Crippen LogP contribution in [0.5, 0.6) is 0 Å². The Labute approximate surface area is 115 Å². The van der Waals surface area contributed by atoms with Crippen molar-refractivity contribution in [3.8, 4) is 0 Å². The number of anilines is 1. The Morgan fingerprint density at radius 1 is 1.42 bits per heavy atom. The van der Waals surface area contributed by atoms with E-state index in [2.05, 4.69) is 5.32 Å². The number of halogens is 1. The van der Waals surface area contributed by atoms with Crippen LogP contribution in [-0.4, -0.2) is 46.8 Å². The van der Waals surface area contributed by atoms with Gasteiger partial charge in [-0.25, -0.2) is 9.59 Å².